The molecule has 0 aliphatic rings. The van der Waals surface area contributed by atoms with Gasteiger partial charge < -0.3 is 0 Å². The number of alkyl halides is 6. The third-order valence-electron chi connectivity index (χ3n) is 1.14. The summed E-state index contributed by atoms with van der Waals surface area (Å²) in [6.07, 6.45) is -3.69. The first-order chi connectivity index (χ1) is 5.41. The van der Waals surface area contributed by atoms with E-state index in [0.717, 1.165) is 0 Å². The Bertz CT molecular complexity index is 145. The summed E-state index contributed by atoms with van der Waals surface area (Å²) in [5.74, 6) is -11.3. The first kappa shape index (κ1) is 12.6. The Balaban J connectivity index is 4.25. The standard InChI is InChI=1S/C7H10F6/c1-5(8,9)3-7(12,13)4-6(2,10)11/h3-4H2,1-2H3. The van der Waals surface area contributed by atoms with E-state index in [1.165, 1.54) is 0 Å². The predicted octanol–water partition coefficient (Wildman–Crippen LogP) is 3.71. The minimum atomic E-state index is -4.03. The molecule has 0 aromatic rings. The van der Waals surface area contributed by atoms with Gasteiger partial charge in [-0.25, -0.2) is 26.3 Å². The molecule has 0 rings (SSSR count). The molecular weight excluding hydrogens is 198 g/mol. The number of halogens is 6. The lowest BCUT2D eigenvalue weighted by Gasteiger charge is -2.22. The smallest absolute Gasteiger partial charge is 0.207 e. The third kappa shape index (κ3) is 7.93. The first-order valence-corrected chi connectivity index (χ1v) is 3.55. The van der Waals surface area contributed by atoms with Crippen LogP contribution in [0.2, 0.25) is 0 Å². The van der Waals surface area contributed by atoms with E-state index in [9.17, 15) is 26.3 Å². The molecule has 0 atom stereocenters. The molecule has 0 amide bonds. The fourth-order valence-corrected chi connectivity index (χ4v) is 0.971. The van der Waals surface area contributed by atoms with E-state index in [0.29, 0.717) is 0 Å². The van der Waals surface area contributed by atoms with E-state index in [1.807, 2.05) is 0 Å². The molecule has 0 unspecified atom stereocenters. The Labute approximate surface area is 71.9 Å². The van der Waals surface area contributed by atoms with Crippen molar-refractivity contribution in [2.45, 2.75) is 44.5 Å². The summed E-state index contributed by atoms with van der Waals surface area (Å²) in [6.45, 7) is 0.545. The van der Waals surface area contributed by atoms with Crippen LogP contribution in [0, 0.1) is 0 Å². The van der Waals surface area contributed by atoms with Gasteiger partial charge in [0.2, 0.25) is 0 Å². The Morgan fingerprint density at radius 2 is 0.923 bits per heavy atom. The van der Waals surface area contributed by atoms with Crippen molar-refractivity contribution in [1.29, 1.82) is 0 Å². The maximum absolute atomic E-state index is 12.5. The maximum atomic E-state index is 12.5. The molecule has 0 saturated carbocycles. The third-order valence-corrected chi connectivity index (χ3v) is 1.14. The van der Waals surface area contributed by atoms with Gasteiger partial charge in [-0.1, -0.05) is 0 Å². The van der Waals surface area contributed by atoms with Gasteiger partial charge in [0.25, 0.3) is 17.8 Å². The first-order valence-electron chi connectivity index (χ1n) is 3.55. The highest BCUT2D eigenvalue weighted by Gasteiger charge is 2.45. The summed E-state index contributed by atoms with van der Waals surface area (Å²) in [4.78, 5) is 0. The van der Waals surface area contributed by atoms with Crippen molar-refractivity contribution in [3.63, 3.8) is 0 Å². The van der Waals surface area contributed by atoms with Crippen LogP contribution in [-0.4, -0.2) is 17.8 Å². The van der Waals surface area contributed by atoms with E-state index >= 15 is 0 Å². The van der Waals surface area contributed by atoms with Crippen LogP contribution in [0.15, 0.2) is 0 Å². The summed E-state index contributed by atoms with van der Waals surface area (Å²) in [6, 6.07) is 0. The van der Waals surface area contributed by atoms with Crippen LogP contribution < -0.4 is 0 Å². The Morgan fingerprint density at radius 1 is 0.692 bits per heavy atom. The molecule has 0 spiro atoms. The quantitative estimate of drug-likeness (QED) is 0.618. The van der Waals surface area contributed by atoms with Gasteiger partial charge >= 0.3 is 0 Å². The second-order valence-electron chi connectivity index (χ2n) is 3.35. The van der Waals surface area contributed by atoms with E-state index in [-0.39, 0.29) is 13.8 Å². The minimum Gasteiger partial charge on any atom is -0.207 e. The molecule has 0 aliphatic carbocycles. The highest BCUT2D eigenvalue weighted by molar-refractivity contribution is 4.78. The zero-order valence-electron chi connectivity index (χ0n) is 7.18. The molecule has 0 nitrogen and oxygen atoms in total. The van der Waals surface area contributed by atoms with Crippen LogP contribution in [0.1, 0.15) is 26.7 Å². The Hall–Kier alpha value is -0.420. The zero-order valence-corrected chi connectivity index (χ0v) is 7.18. The average molecular weight is 208 g/mol. The average Bonchev–Trinajstić information content (AvgIpc) is 1.43. The van der Waals surface area contributed by atoms with Crippen molar-refractivity contribution >= 4 is 0 Å². The minimum absolute atomic E-state index is 0.273. The van der Waals surface area contributed by atoms with Gasteiger partial charge in [-0.3, -0.25) is 0 Å². The summed E-state index contributed by atoms with van der Waals surface area (Å²) in [5, 5.41) is 0. The number of rotatable bonds is 4. The molecule has 0 aromatic heterocycles. The van der Waals surface area contributed by atoms with Gasteiger partial charge in [0.05, 0.1) is 12.8 Å². The van der Waals surface area contributed by atoms with E-state index in [2.05, 4.69) is 0 Å². The van der Waals surface area contributed by atoms with Crippen LogP contribution in [0.5, 0.6) is 0 Å². The monoisotopic (exact) mass is 208 g/mol. The number of hydrogen-bond acceptors (Lipinski definition) is 0. The summed E-state index contributed by atoms with van der Waals surface area (Å²) in [7, 11) is 0. The highest BCUT2D eigenvalue weighted by Crippen LogP contribution is 2.37. The molecular formula is C7H10F6. The Morgan fingerprint density at radius 3 is 1.08 bits per heavy atom. The van der Waals surface area contributed by atoms with Crippen molar-refractivity contribution in [2.75, 3.05) is 0 Å². The molecule has 0 bridgehead atoms. The second kappa shape index (κ2) is 3.38. The van der Waals surface area contributed by atoms with Crippen molar-refractivity contribution in [3.8, 4) is 0 Å². The zero-order chi connectivity index (χ0) is 10.9. The molecule has 0 aliphatic heterocycles. The summed E-state index contributed by atoms with van der Waals surface area (Å²) in [5.41, 5.74) is 0. The van der Waals surface area contributed by atoms with Gasteiger partial charge in [0.15, 0.2) is 0 Å². The summed E-state index contributed by atoms with van der Waals surface area (Å²) < 4.78 is 73.2. The lowest BCUT2D eigenvalue weighted by Crippen LogP contribution is -2.32. The van der Waals surface area contributed by atoms with Gasteiger partial charge in [0.1, 0.15) is 0 Å². The molecule has 6 heteroatoms. The molecule has 0 saturated heterocycles. The highest BCUT2D eigenvalue weighted by atomic mass is 19.3. The van der Waals surface area contributed by atoms with Crippen molar-refractivity contribution < 1.29 is 26.3 Å². The lowest BCUT2D eigenvalue weighted by atomic mass is 10.0. The molecule has 13 heavy (non-hydrogen) atoms. The van der Waals surface area contributed by atoms with Gasteiger partial charge in [-0.2, -0.15) is 0 Å². The fraction of sp³-hybridized carbons (Fsp3) is 1.00. The number of hydrogen-bond donors (Lipinski definition) is 0. The van der Waals surface area contributed by atoms with Crippen LogP contribution >= 0.6 is 0 Å². The van der Waals surface area contributed by atoms with Crippen LogP contribution in [0.25, 0.3) is 0 Å². The topological polar surface area (TPSA) is 0 Å². The van der Waals surface area contributed by atoms with Gasteiger partial charge in [0, 0.05) is 0 Å². The largest absolute Gasteiger partial charge is 0.259 e. The van der Waals surface area contributed by atoms with E-state index < -0.39 is 30.6 Å². The van der Waals surface area contributed by atoms with E-state index in [1.54, 1.807) is 0 Å². The lowest BCUT2D eigenvalue weighted by molar-refractivity contribution is -0.145. The molecule has 80 valence electrons. The van der Waals surface area contributed by atoms with Crippen LogP contribution in [-0.2, 0) is 0 Å². The van der Waals surface area contributed by atoms with Crippen molar-refractivity contribution in [3.05, 3.63) is 0 Å². The Kier molecular flexibility index (Phi) is 3.27. The maximum Gasteiger partial charge on any atom is 0.259 e. The molecule has 0 heterocycles. The molecule has 0 fully saturated rings. The van der Waals surface area contributed by atoms with Gasteiger partial charge in [-0.05, 0) is 13.8 Å². The SMILES string of the molecule is CC(F)(F)CC(F)(F)CC(C)(F)F. The van der Waals surface area contributed by atoms with Crippen molar-refractivity contribution in [2.24, 2.45) is 0 Å². The van der Waals surface area contributed by atoms with Crippen LogP contribution in [0.4, 0.5) is 26.3 Å². The second-order valence-corrected chi connectivity index (χ2v) is 3.35. The molecule has 0 N–H and O–H groups in total. The van der Waals surface area contributed by atoms with E-state index in [4.69, 9.17) is 0 Å². The van der Waals surface area contributed by atoms with Crippen LogP contribution in [0.3, 0.4) is 0 Å². The van der Waals surface area contributed by atoms with Gasteiger partial charge in [-0.15, -0.1) is 0 Å². The normalized spacial score (nSPS) is 14.8. The molecule has 0 radical (unpaired) electrons. The van der Waals surface area contributed by atoms with Crippen molar-refractivity contribution in [1.82, 2.24) is 0 Å². The predicted molar refractivity (Wildman–Crippen MR) is 35.4 cm³/mol. The fourth-order valence-electron chi connectivity index (χ4n) is 0.971. The summed E-state index contributed by atoms with van der Waals surface area (Å²) >= 11 is 0. The molecule has 0 aromatic carbocycles.